The molecular weight excluding hydrogens is 403 g/mol. The highest BCUT2D eigenvalue weighted by Crippen LogP contribution is 2.32. The van der Waals surface area contributed by atoms with Gasteiger partial charge in [-0.25, -0.2) is 9.18 Å². The van der Waals surface area contributed by atoms with E-state index in [0.717, 1.165) is 11.0 Å². The Morgan fingerprint density at radius 2 is 1.83 bits per heavy atom. The number of nitrogens with one attached hydrogen (secondary N) is 1. The first-order chi connectivity index (χ1) is 13.7. The number of halogens is 1. The second kappa shape index (κ2) is 8.15. The molecule has 3 rings (SSSR count). The number of carboxylic acids is 1. The van der Waals surface area contributed by atoms with Crippen LogP contribution in [-0.4, -0.2) is 44.7 Å². The third-order valence-electron chi connectivity index (χ3n) is 3.85. The van der Waals surface area contributed by atoms with Crippen molar-refractivity contribution in [2.24, 2.45) is 0 Å². The van der Waals surface area contributed by atoms with E-state index in [1.54, 1.807) is 0 Å². The highest BCUT2D eigenvalue weighted by atomic mass is 32.2. The summed E-state index contributed by atoms with van der Waals surface area (Å²) >= 11 is 0.637. The van der Waals surface area contributed by atoms with Gasteiger partial charge in [0, 0.05) is 0 Å². The largest absolute Gasteiger partial charge is 0.508 e. The predicted molar refractivity (Wildman–Crippen MR) is 103 cm³/mol. The average molecular weight is 416 g/mol. The monoisotopic (exact) mass is 416 g/mol. The maximum atomic E-state index is 13.0. The van der Waals surface area contributed by atoms with E-state index < -0.39 is 35.4 Å². The molecule has 8 nitrogen and oxygen atoms in total. The molecular formula is C19H13FN2O6S. The number of aromatic carboxylic acids is 1. The summed E-state index contributed by atoms with van der Waals surface area (Å²) in [4.78, 5) is 48.8. The van der Waals surface area contributed by atoms with Gasteiger partial charge in [0.05, 0.1) is 16.2 Å². The van der Waals surface area contributed by atoms with E-state index in [4.69, 9.17) is 5.11 Å². The molecule has 0 spiro atoms. The van der Waals surface area contributed by atoms with E-state index >= 15 is 0 Å². The van der Waals surface area contributed by atoms with Crippen LogP contribution in [0.3, 0.4) is 0 Å². The number of carboxylic acid groups (broad SMARTS) is 1. The summed E-state index contributed by atoms with van der Waals surface area (Å²) in [6, 6.07) is 8.64. The van der Waals surface area contributed by atoms with E-state index in [-0.39, 0.29) is 21.9 Å². The Balaban J connectivity index is 1.73. The highest BCUT2D eigenvalue weighted by molar-refractivity contribution is 8.18. The lowest BCUT2D eigenvalue weighted by Crippen LogP contribution is -2.36. The molecule has 2 aromatic rings. The molecule has 3 N–H and O–H groups in total. The van der Waals surface area contributed by atoms with Gasteiger partial charge in [-0.3, -0.25) is 19.3 Å². The van der Waals surface area contributed by atoms with Gasteiger partial charge in [-0.2, -0.15) is 0 Å². The van der Waals surface area contributed by atoms with E-state index in [0.29, 0.717) is 17.3 Å². The molecule has 2 aromatic carbocycles. The smallest absolute Gasteiger partial charge is 0.337 e. The van der Waals surface area contributed by atoms with Gasteiger partial charge in [0.1, 0.15) is 18.1 Å². The van der Waals surface area contributed by atoms with E-state index in [1.165, 1.54) is 42.5 Å². The Kier molecular flexibility index (Phi) is 5.64. The number of carbonyl (C=O) groups excluding carboxylic acids is 3. The second-order valence-electron chi connectivity index (χ2n) is 5.90. The summed E-state index contributed by atoms with van der Waals surface area (Å²) in [6.07, 6.45) is 1.41. The molecule has 29 heavy (non-hydrogen) atoms. The van der Waals surface area contributed by atoms with Crippen LogP contribution in [0.5, 0.6) is 5.75 Å². The molecule has 1 saturated heterocycles. The van der Waals surface area contributed by atoms with E-state index in [1.807, 2.05) is 0 Å². The maximum absolute atomic E-state index is 13.0. The molecule has 0 bridgehead atoms. The molecule has 0 radical (unpaired) electrons. The minimum atomic E-state index is -1.37. The zero-order valence-corrected chi connectivity index (χ0v) is 15.4. The number of nitrogens with zero attached hydrogens (tertiary/aromatic N) is 1. The van der Waals surface area contributed by atoms with E-state index in [2.05, 4.69) is 5.32 Å². The molecule has 0 aliphatic carbocycles. The van der Waals surface area contributed by atoms with Crippen LogP contribution in [0, 0.1) is 5.82 Å². The summed E-state index contributed by atoms with van der Waals surface area (Å²) in [6.45, 7) is -0.620. The number of amides is 3. The SMILES string of the molecule is O=C(CN1C(=O)S/C(=C/c2ccc(F)cc2)C1=O)Nc1ccc(O)cc1C(=O)O. The molecule has 148 valence electrons. The fourth-order valence-electron chi connectivity index (χ4n) is 2.50. The van der Waals surface area contributed by atoms with Crippen molar-refractivity contribution >= 4 is 46.5 Å². The number of phenolic OH excluding ortho intramolecular Hbond substituents is 1. The Hall–Kier alpha value is -3.66. The zero-order valence-electron chi connectivity index (χ0n) is 14.6. The molecule has 0 atom stereocenters. The molecule has 1 heterocycles. The van der Waals surface area contributed by atoms with Crippen molar-refractivity contribution in [3.63, 3.8) is 0 Å². The second-order valence-corrected chi connectivity index (χ2v) is 6.90. The quantitative estimate of drug-likeness (QED) is 0.506. The number of hydrogen-bond donors (Lipinski definition) is 3. The molecule has 0 unspecified atom stereocenters. The van der Waals surface area contributed by atoms with Gasteiger partial charge in [-0.15, -0.1) is 0 Å². The minimum absolute atomic E-state index is 0.0743. The van der Waals surface area contributed by atoms with Crippen molar-refractivity contribution in [1.29, 1.82) is 0 Å². The first-order valence-electron chi connectivity index (χ1n) is 8.11. The minimum Gasteiger partial charge on any atom is -0.508 e. The molecule has 10 heteroatoms. The summed E-state index contributed by atoms with van der Waals surface area (Å²) in [5.74, 6) is -3.59. The van der Waals surface area contributed by atoms with Crippen LogP contribution in [0.2, 0.25) is 0 Å². The number of anilines is 1. The topological polar surface area (TPSA) is 124 Å². The van der Waals surface area contributed by atoms with Crippen LogP contribution in [0.4, 0.5) is 14.9 Å². The number of thioether (sulfide) groups is 1. The van der Waals surface area contributed by atoms with Gasteiger partial charge in [-0.05, 0) is 53.7 Å². The summed E-state index contributed by atoms with van der Waals surface area (Å²) in [7, 11) is 0. The zero-order chi connectivity index (χ0) is 21.1. The standard InChI is InChI=1S/C19H13FN2O6S/c20-11-3-1-10(2-4-11)7-15-17(25)22(19(28)29-15)9-16(24)21-14-6-5-12(23)8-13(14)18(26)27/h1-8,23H,9H2,(H,21,24)(H,26,27)/b15-7+. The predicted octanol–water partition coefficient (Wildman–Crippen LogP) is 2.90. The number of aromatic hydroxyl groups is 1. The lowest BCUT2D eigenvalue weighted by molar-refractivity contribution is -0.127. The average Bonchev–Trinajstić information content (AvgIpc) is 2.92. The number of imide groups is 1. The van der Waals surface area contributed by atoms with Gasteiger partial charge in [0.15, 0.2) is 0 Å². The fourth-order valence-corrected chi connectivity index (χ4v) is 3.34. The van der Waals surface area contributed by atoms with Gasteiger partial charge in [0.25, 0.3) is 11.1 Å². The normalized spacial score (nSPS) is 15.1. The summed E-state index contributed by atoms with van der Waals surface area (Å²) in [5, 5.41) is 20.2. The van der Waals surface area contributed by atoms with Crippen molar-refractivity contribution in [2.45, 2.75) is 0 Å². The van der Waals surface area contributed by atoms with Crippen LogP contribution in [0.25, 0.3) is 6.08 Å². The first kappa shape index (κ1) is 20.1. The number of benzene rings is 2. The Morgan fingerprint density at radius 1 is 1.14 bits per heavy atom. The molecule has 3 amide bonds. The Labute approximate surface area is 167 Å². The van der Waals surface area contributed by atoms with Crippen LogP contribution in [-0.2, 0) is 9.59 Å². The highest BCUT2D eigenvalue weighted by Gasteiger charge is 2.36. The van der Waals surface area contributed by atoms with E-state index in [9.17, 15) is 28.7 Å². The first-order valence-corrected chi connectivity index (χ1v) is 8.93. The molecule has 0 saturated carbocycles. The lowest BCUT2D eigenvalue weighted by atomic mass is 10.1. The van der Waals surface area contributed by atoms with Gasteiger partial charge >= 0.3 is 5.97 Å². The van der Waals surface area contributed by atoms with Crippen LogP contribution < -0.4 is 5.32 Å². The van der Waals surface area contributed by atoms with Crippen molar-refractivity contribution in [2.75, 3.05) is 11.9 Å². The van der Waals surface area contributed by atoms with Gasteiger partial charge in [0.2, 0.25) is 5.91 Å². The van der Waals surface area contributed by atoms with Crippen molar-refractivity contribution in [1.82, 2.24) is 4.90 Å². The van der Waals surface area contributed by atoms with Crippen LogP contribution in [0.15, 0.2) is 47.4 Å². The lowest BCUT2D eigenvalue weighted by Gasteiger charge is -2.13. The Bertz CT molecular complexity index is 1050. The molecule has 1 fully saturated rings. The third kappa shape index (κ3) is 4.61. The molecule has 0 aromatic heterocycles. The number of hydrogen-bond acceptors (Lipinski definition) is 6. The number of carbonyl (C=O) groups is 4. The van der Waals surface area contributed by atoms with Gasteiger partial charge in [-0.1, -0.05) is 12.1 Å². The van der Waals surface area contributed by atoms with Crippen molar-refractivity contribution < 1.29 is 33.8 Å². The van der Waals surface area contributed by atoms with Gasteiger partial charge < -0.3 is 15.5 Å². The van der Waals surface area contributed by atoms with Crippen molar-refractivity contribution in [3.05, 3.63) is 64.3 Å². The number of phenols is 1. The number of rotatable bonds is 5. The molecule has 1 aliphatic rings. The van der Waals surface area contributed by atoms with Crippen molar-refractivity contribution in [3.8, 4) is 5.75 Å². The third-order valence-corrected chi connectivity index (χ3v) is 4.76. The Morgan fingerprint density at radius 3 is 2.48 bits per heavy atom. The summed E-state index contributed by atoms with van der Waals surface area (Å²) in [5.41, 5.74) is 0.0781. The van der Waals surface area contributed by atoms with Crippen LogP contribution in [0.1, 0.15) is 15.9 Å². The fraction of sp³-hybridized carbons (Fsp3) is 0.0526. The maximum Gasteiger partial charge on any atom is 0.337 e. The molecule has 1 aliphatic heterocycles. The summed E-state index contributed by atoms with van der Waals surface area (Å²) < 4.78 is 13.0. The van der Waals surface area contributed by atoms with Crippen LogP contribution >= 0.6 is 11.8 Å².